The molecular weight excluding hydrogens is 628 g/mol. The third kappa shape index (κ3) is 6.41. The van der Waals surface area contributed by atoms with Crippen LogP contribution in [0, 0.1) is 5.92 Å². The Morgan fingerprint density at radius 1 is 0.959 bits per heavy atom. The molecule has 1 unspecified atom stereocenters. The lowest BCUT2D eigenvalue weighted by Crippen LogP contribution is -2.45. The van der Waals surface area contributed by atoms with E-state index in [4.69, 9.17) is 16.2 Å². The number of benzene rings is 3. The lowest BCUT2D eigenvalue weighted by Gasteiger charge is -2.35. The number of unbranched alkanes of at least 4 members (excludes halogenated alkanes) is 1. The van der Waals surface area contributed by atoms with E-state index in [9.17, 15) is 24.0 Å². The molecule has 0 saturated carbocycles. The summed E-state index contributed by atoms with van der Waals surface area (Å²) in [6.45, 7) is 4.13. The average Bonchev–Trinajstić information content (AvgIpc) is 3.08. The smallest absolute Gasteiger partial charge is 0.268 e. The molecular formula is C35H40N8O6. The molecule has 0 fully saturated rings. The van der Waals surface area contributed by atoms with Crippen molar-refractivity contribution in [2.75, 3.05) is 44.1 Å². The van der Waals surface area contributed by atoms with Gasteiger partial charge in [-0.05, 0) is 42.2 Å². The predicted molar refractivity (Wildman–Crippen MR) is 187 cm³/mol. The summed E-state index contributed by atoms with van der Waals surface area (Å²) >= 11 is 0. The van der Waals surface area contributed by atoms with Crippen LogP contribution in [0.5, 0.6) is 5.75 Å². The molecule has 2 aliphatic heterocycles. The van der Waals surface area contributed by atoms with Crippen molar-refractivity contribution in [2.45, 2.75) is 39.5 Å². The first kappa shape index (κ1) is 34.5. The van der Waals surface area contributed by atoms with E-state index in [1.54, 1.807) is 49.3 Å². The summed E-state index contributed by atoms with van der Waals surface area (Å²) in [5.41, 5.74) is 14.8. The molecule has 0 saturated heterocycles. The number of guanidine groups is 1. The summed E-state index contributed by atoms with van der Waals surface area (Å²) in [6, 6.07) is 9.52. The van der Waals surface area contributed by atoms with Crippen molar-refractivity contribution >= 4 is 63.9 Å². The fourth-order valence-electron chi connectivity index (χ4n) is 6.24. The van der Waals surface area contributed by atoms with Gasteiger partial charge in [0.2, 0.25) is 0 Å². The molecule has 0 radical (unpaired) electrons. The van der Waals surface area contributed by atoms with E-state index in [2.05, 4.69) is 22.4 Å². The molecule has 256 valence electrons. The van der Waals surface area contributed by atoms with Crippen LogP contribution in [-0.2, 0) is 4.79 Å². The van der Waals surface area contributed by atoms with Crippen LogP contribution in [0.15, 0.2) is 46.5 Å². The first-order chi connectivity index (χ1) is 23.4. The summed E-state index contributed by atoms with van der Waals surface area (Å²) in [5, 5.41) is 4.38. The number of methoxy groups -OCH3 is 1. The van der Waals surface area contributed by atoms with Crippen LogP contribution in [0.2, 0.25) is 0 Å². The lowest BCUT2D eigenvalue weighted by molar-refractivity contribution is -0.119. The van der Waals surface area contributed by atoms with E-state index in [1.807, 2.05) is 6.92 Å². The molecule has 5 rings (SSSR count). The Kier molecular flexibility index (Phi) is 9.97. The fraction of sp³-hybridized carbons (Fsp3) is 0.343. The number of hydrazone groups is 1. The van der Waals surface area contributed by atoms with Crippen LogP contribution in [0.4, 0.5) is 11.4 Å². The van der Waals surface area contributed by atoms with Gasteiger partial charge in [-0.25, -0.2) is 15.3 Å². The average molecular weight is 669 g/mol. The number of hydrogen-bond donors (Lipinski definition) is 3. The summed E-state index contributed by atoms with van der Waals surface area (Å²) in [4.78, 5) is 76.2. The van der Waals surface area contributed by atoms with Crippen molar-refractivity contribution in [3.8, 4) is 5.75 Å². The largest absolute Gasteiger partial charge is 0.496 e. The highest BCUT2D eigenvalue weighted by atomic mass is 16.5. The van der Waals surface area contributed by atoms with Crippen molar-refractivity contribution in [3.05, 3.63) is 64.2 Å². The van der Waals surface area contributed by atoms with Crippen LogP contribution in [0.1, 0.15) is 86.5 Å². The Balaban J connectivity index is 1.57. The molecule has 0 spiro atoms. The number of carbonyl (C=O) groups is 5. The van der Waals surface area contributed by atoms with Gasteiger partial charge in [-0.3, -0.25) is 28.9 Å². The third-order valence-electron chi connectivity index (χ3n) is 8.78. The minimum atomic E-state index is -0.634. The van der Waals surface area contributed by atoms with Gasteiger partial charge in [0, 0.05) is 31.4 Å². The number of nitrogens with zero attached hydrogens (tertiary/aromatic N) is 5. The molecule has 1 atom stereocenters. The molecule has 2 aliphatic rings. The minimum absolute atomic E-state index is 0.130. The van der Waals surface area contributed by atoms with Gasteiger partial charge in [-0.15, -0.1) is 0 Å². The molecule has 5 N–H and O–H groups in total. The van der Waals surface area contributed by atoms with E-state index < -0.39 is 29.5 Å². The number of hydrogen-bond acceptors (Lipinski definition) is 9. The van der Waals surface area contributed by atoms with Gasteiger partial charge in [0.1, 0.15) is 12.3 Å². The molecule has 14 nitrogen and oxygen atoms in total. The summed E-state index contributed by atoms with van der Waals surface area (Å²) in [7, 11) is 4.91. The van der Waals surface area contributed by atoms with E-state index in [-0.39, 0.29) is 69.4 Å². The number of amides is 5. The standard InChI is InChI=1S/C35H40N8O6/c1-6-8-9-19(7-2)18-42-31(45)22-14-24(41(3)4)29-27-23(15-25(49-5)30(28(22)27)33(42)47)32(46)43(34(29)48)21-12-10-20(11-13-21)16-39-40-26(44)17-38-35(36)37/h10-16,19H,6-9,17-18H2,1-5H3,(H,40,44)(H4,36,37,38)/b39-16-. The molecule has 14 heteroatoms. The van der Waals surface area contributed by atoms with Gasteiger partial charge in [0.05, 0.1) is 47.0 Å². The Hall–Kier alpha value is -5.79. The number of carbonyl (C=O) groups excluding carboxylic acids is 5. The minimum Gasteiger partial charge on any atom is -0.496 e. The Morgan fingerprint density at radius 2 is 1.63 bits per heavy atom. The number of rotatable bonds is 13. The van der Waals surface area contributed by atoms with E-state index >= 15 is 0 Å². The third-order valence-corrected chi connectivity index (χ3v) is 8.78. The van der Waals surface area contributed by atoms with Crippen LogP contribution >= 0.6 is 0 Å². The van der Waals surface area contributed by atoms with Gasteiger partial charge >= 0.3 is 0 Å². The van der Waals surface area contributed by atoms with Crippen LogP contribution in [-0.4, -0.2) is 80.9 Å². The fourth-order valence-corrected chi connectivity index (χ4v) is 6.24. The van der Waals surface area contributed by atoms with Crippen LogP contribution < -0.4 is 31.4 Å². The number of imide groups is 2. The van der Waals surface area contributed by atoms with Gasteiger partial charge in [0.15, 0.2) is 5.96 Å². The number of ether oxygens (including phenoxy) is 1. The summed E-state index contributed by atoms with van der Waals surface area (Å²) in [5.74, 6) is -2.68. The summed E-state index contributed by atoms with van der Waals surface area (Å²) < 4.78 is 5.69. The molecule has 3 aromatic rings. The SMILES string of the molecule is CCCCC(CC)CN1C(=O)c2cc(N(C)C)c3c4c(cc(OC)c(c24)C1=O)C(=O)N(c1ccc(/C=N\NC(=O)CN=C(N)N)cc1)C3=O. The van der Waals surface area contributed by atoms with E-state index in [1.165, 1.54) is 24.3 Å². The maximum absolute atomic E-state index is 14.3. The van der Waals surface area contributed by atoms with Crippen molar-refractivity contribution in [1.82, 2.24) is 10.3 Å². The molecule has 0 aromatic heterocycles. The predicted octanol–water partition coefficient (Wildman–Crippen LogP) is 3.25. The second-order valence-corrected chi connectivity index (χ2v) is 12.2. The molecule has 2 heterocycles. The van der Waals surface area contributed by atoms with Crippen molar-refractivity contribution in [1.29, 1.82) is 0 Å². The van der Waals surface area contributed by atoms with Gasteiger partial charge in [0.25, 0.3) is 29.5 Å². The second-order valence-electron chi connectivity index (χ2n) is 12.2. The Bertz CT molecular complexity index is 1910. The second kappa shape index (κ2) is 14.1. The molecule has 3 aromatic carbocycles. The lowest BCUT2D eigenvalue weighted by atomic mass is 9.83. The summed E-state index contributed by atoms with van der Waals surface area (Å²) in [6.07, 6.45) is 5.06. The quantitative estimate of drug-likeness (QED) is 0.106. The highest BCUT2D eigenvalue weighted by Gasteiger charge is 2.44. The van der Waals surface area contributed by atoms with Crippen LogP contribution in [0.3, 0.4) is 0 Å². The molecule has 5 amide bonds. The molecule has 0 bridgehead atoms. The van der Waals surface area contributed by atoms with Crippen molar-refractivity contribution < 1.29 is 28.7 Å². The zero-order valence-electron chi connectivity index (χ0n) is 28.2. The topological polar surface area (TPSA) is 193 Å². The Labute approximate surface area is 283 Å². The highest BCUT2D eigenvalue weighted by Crippen LogP contribution is 2.46. The number of nitrogens with one attached hydrogen (secondary N) is 1. The maximum atomic E-state index is 14.3. The molecule has 49 heavy (non-hydrogen) atoms. The van der Waals surface area contributed by atoms with Crippen molar-refractivity contribution in [2.24, 2.45) is 27.5 Å². The number of anilines is 2. The maximum Gasteiger partial charge on any atom is 0.268 e. The van der Waals surface area contributed by atoms with Crippen LogP contribution in [0.25, 0.3) is 10.8 Å². The number of nitrogens with two attached hydrogens (primary N) is 2. The highest BCUT2D eigenvalue weighted by molar-refractivity contribution is 6.41. The van der Waals surface area contributed by atoms with E-state index in [0.29, 0.717) is 11.3 Å². The first-order valence-electron chi connectivity index (χ1n) is 16.0. The first-order valence-corrected chi connectivity index (χ1v) is 16.0. The zero-order chi connectivity index (χ0) is 35.6. The van der Waals surface area contributed by atoms with Gasteiger partial charge in [-0.1, -0.05) is 45.2 Å². The zero-order valence-corrected chi connectivity index (χ0v) is 28.2. The Morgan fingerprint density at radius 3 is 2.24 bits per heavy atom. The van der Waals surface area contributed by atoms with Gasteiger partial charge in [-0.2, -0.15) is 5.10 Å². The molecule has 0 aliphatic carbocycles. The van der Waals surface area contributed by atoms with E-state index in [0.717, 1.165) is 30.6 Å². The number of aliphatic imine (C=N–C) groups is 1. The monoisotopic (exact) mass is 668 g/mol. The normalized spacial score (nSPS) is 14.5. The van der Waals surface area contributed by atoms with Crippen molar-refractivity contribution in [3.63, 3.8) is 0 Å². The van der Waals surface area contributed by atoms with Gasteiger partial charge < -0.3 is 21.1 Å².